The van der Waals surface area contributed by atoms with Crippen LogP contribution in [-0.2, 0) is 9.59 Å². The van der Waals surface area contributed by atoms with Gasteiger partial charge in [-0.2, -0.15) is 0 Å². The number of hydrogen-bond acceptors (Lipinski definition) is 4. The maximum Gasteiger partial charge on any atom is 0.252 e. The first kappa shape index (κ1) is 17.6. The number of rotatable bonds is 7. The van der Waals surface area contributed by atoms with Gasteiger partial charge in [0, 0.05) is 17.5 Å². The van der Waals surface area contributed by atoms with Gasteiger partial charge in [-0.25, -0.2) is 0 Å². The lowest BCUT2D eigenvalue weighted by molar-refractivity contribution is -0.133. The molecule has 0 saturated heterocycles. The number of hydrazine groups is 1. The molecule has 1 aromatic rings. The van der Waals surface area contributed by atoms with Crippen molar-refractivity contribution in [1.29, 1.82) is 0 Å². The molecule has 0 bridgehead atoms. The van der Waals surface area contributed by atoms with Crippen LogP contribution in [0.1, 0.15) is 19.3 Å². The van der Waals surface area contributed by atoms with Gasteiger partial charge in [0.25, 0.3) is 5.91 Å². The molecular weight excluding hydrogens is 318 g/mol. The van der Waals surface area contributed by atoms with Gasteiger partial charge in [0.05, 0.1) is 6.54 Å². The molecule has 1 saturated carbocycles. The van der Waals surface area contributed by atoms with E-state index in [1.807, 2.05) is 24.1 Å². The van der Waals surface area contributed by atoms with E-state index >= 15 is 0 Å². The fourth-order valence-corrected chi connectivity index (χ4v) is 2.32. The fourth-order valence-electron chi connectivity index (χ4n) is 2.14. The van der Waals surface area contributed by atoms with Gasteiger partial charge in [0.15, 0.2) is 0 Å². The van der Waals surface area contributed by atoms with Crippen LogP contribution in [-0.4, -0.2) is 43.5 Å². The van der Waals surface area contributed by atoms with Gasteiger partial charge in [0.1, 0.15) is 12.4 Å². The van der Waals surface area contributed by atoms with E-state index in [2.05, 4.69) is 10.9 Å². The summed E-state index contributed by atoms with van der Waals surface area (Å²) in [6.07, 6.45) is 2.90. The van der Waals surface area contributed by atoms with Crippen LogP contribution in [0.5, 0.6) is 5.75 Å². The second kappa shape index (κ2) is 8.74. The van der Waals surface area contributed by atoms with Crippen molar-refractivity contribution in [2.45, 2.75) is 19.3 Å². The number of halogens is 1. The van der Waals surface area contributed by atoms with Crippen LogP contribution >= 0.6 is 11.6 Å². The summed E-state index contributed by atoms with van der Waals surface area (Å²) in [6.45, 7) is 1.21. The first-order valence-electron chi connectivity index (χ1n) is 7.70. The lowest BCUT2D eigenvalue weighted by Crippen LogP contribution is -2.49. The molecule has 2 rings (SSSR count). The molecule has 2 N–H and O–H groups in total. The third kappa shape index (κ3) is 6.08. The standard InChI is InChI=1S/C16H22ClN3O3/c1-20(8-9-23-14-7-3-6-13(17)10-14)11-15(21)18-19-16(22)12-4-2-5-12/h3,6-7,10,12H,2,4-5,8-9,11H2,1H3,(H,18,21)(H,19,22). The maximum absolute atomic E-state index is 11.7. The highest BCUT2D eigenvalue weighted by atomic mass is 35.5. The zero-order chi connectivity index (χ0) is 16.7. The average Bonchev–Trinajstić information content (AvgIpc) is 2.43. The predicted octanol–water partition coefficient (Wildman–Crippen LogP) is 1.60. The number of ether oxygens (including phenoxy) is 1. The van der Waals surface area contributed by atoms with Crippen molar-refractivity contribution in [3.05, 3.63) is 29.3 Å². The Labute approximate surface area is 141 Å². The average molecular weight is 340 g/mol. The van der Waals surface area contributed by atoms with Crippen LogP contribution in [0.3, 0.4) is 0 Å². The maximum atomic E-state index is 11.7. The summed E-state index contributed by atoms with van der Waals surface area (Å²) in [6, 6.07) is 7.17. The van der Waals surface area contributed by atoms with Gasteiger partial charge in [-0.3, -0.25) is 25.3 Å². The van der Waals surface area contributed by atoms with Crippen molar-refractivity contribution >= 4 is 23.4 Å². The van der Waals surface area contributed by atoms with E-state index in [1.54, 1.807) is 12.1 Å². The molecule has 0 radical (unpaired) electrons. The third-order valence-corrected chi connectivity index (χ3v) is 3.99. The molecule has 126 valence electrons. The highest BCUT2D eigenvalue weighted by Gasteiger charge is 2.25. The molecule has 1 aromatic carbocycles. The second-order valence-corrected chi connectivity index (χ2v) is 6.15. The topological polar surface area (TPSA) is 70.7 Å². The van der Waals surface area contributed by atoms with Crippen LogP contribution < -0.4 is 15.6 Å². The van der Waals surface area contributed by atoms with Gasteiger partial charge in [0.2, 0.25) is 5.91 Å². The monoisotopic (exact) mass is 339 g/mol. The molecule has 0 atom stereocenters. The Morgan fingerprint density at radius 3 is 2.78 bits per heavy atom. The highest BCUT2D eigenvalue weighted by molar-refractivity contribution is 6.30. The Morgan fingerprint density at radius 1 is 1.35 bits per heavy atom. The normalized spacial score (nSPS) is 14.2. The first-order chi connectivity index (χ1) is 11.0. The SMILES string of the molecule is CN(CCOc1cccc(Cl)c1)CC(=O)NNC(=O)C1CCC1. The van der Waals surface area contributed by atoms with Gasteiger partial charge in [-0.05, 0) is 38.1 Å². The van der Waals surface area contributed by atoms with Crippen LogP contribution in [0.4, 0.5) is 0 Å². The Hall–Kier alpha value is -1.79. The van der Waals surface area contributed by atoms with Crippen LogP contribution in [0.15, 0.2) is 24.3 Å². The van der Waals surface area contributed by atoms with E-state index in [-0.39, 0.29) is 24.3 Å². The van der Waals surface area contributed by atoms with E-state index in [1.165, 1.54) is 0 Å². The van der Waals surface area contributed by atoms with E-state index < -0.39 is 0 Å². The molecule has 1 aliphatic rings. The fraction of sp³-hybridized carbons (Fsp3) is 0.500. The van der Waals surface area contributed by atoms with Crippen molar-refractivity contribution in [3.8, 4) is 5.75 Å². The predicted molar refractivity (Wildman–Crippen MR) is 88.1 cm³/mol. The lowest BCUT2D eigenvalue weighted by Gasteiger charge is -2.24. The molecule has 0 spiro atoms. The molecule has 7 heteroatoms. The summed E-state index contributed by atoms with van der Waals surface area (Å²) in [5.74, 6) is 0.404. The summed E-state index contributed by atoms with van der Waals surface area (Å²) in [5, 5.41) is 0.623. The summed E-state index contributed by atoms with van der Waals surface area (Å²) < 4.78 is 5.56. The number of carbonyl (C=O) groups excluding carboxylic acids is 2. The Balaban J connectivity index is 1.59. The lowest BCUT2D eigenvalue weighted by atomic mass is 9.85. The smallest absolute Gasteiger partial charge is 0.252 e. The summed E-state index contributed by atoms with van der Waals surface area (Å²) in [7, 11) is 1.81. The molecule has 6 nitrogen and oxygen atoms in total. The van der Waals surface area contributed by atoms with Gasteiger partial charge in [-0.1, -0.05) is 24.1 Å². The molecule has 2 amide bonds. The zero-order valence-corrected chi connectivity index (χ0v) is 13.9. The second-order valence-electron chi connectivity index (χ2n) is 5.71. The number of amides is 2. The minimum Gasteiger partial charge on any atom is -0.492 e. The van der Waals surface area contributed by atoms with Crippen molar-refractivity contribution in [2.24, 2.45) is 5.92 Å². The summed E-state index contributed by atoms with van der Waals surface area (Å²) in [5.41, 5.74) is 4.91. The molecule has 0 aliphatic heterocycles. The van der Waals surface area contributed by atoms with Crippen molar-refractivity contribution < 1.29 is 14.3 Å². The Kier molecular flexibility index (Phi) is 6.67. The largest absolute Gasteiger partial charge is 0.492 e. The van der Waals surface area contributed by atoms with Gasteiger partial charge < -0.3 is 4.74 Å². The summed E-state index contributed by atoms with van der Waals surface area (Å²) >= 11 is 5.87. The van der Waals surface area contributed by atoms with Crippen LogP contribution in [0, 0.1) is 5.92 Å². The van der Waals surface area contributed by atoms with Gasteiger partial charge in [-0.15, -0.1) is 0 Å². The summed E-state index contributed by atoms with van der Waals surface area (Å²) in [4.78, 5) is 25.2. The van der Waals surface area contributed by atoms with Crippen molar-refractivity contribution in [3.63, 3.8) is 0 Å². The Morgan fingerprint density at radius 2 is 2.13 bits per heavy atom. The van der Waals surface area contributed by atoms with Crippen molar-refractivity contribution in [2.75, 3.05) is 26.7 Å². The highest BCUT2D eigenvalue weighted by Crippen LogP contribution is 2.25. The van der Waals surface area contributed by atoms with Crippen molar-refractivity contribution in [1.82, 2.24) is 15.8 Å². The number of likely N-dealkylation sites (N-methyl/N-ethyl adjacent to an activating group) is 1. The molecule has 0 aromatic heterocycles. The minimum atomic E-state index is -0.247. The molecular formula is C16H22ClN3O3. The Bertz CT molecular complexity index is 549. The number of carbonyl (C=O) groups is 2. The molecule has 1 fully saturated rings. The number of nitrogens with one attached hydrogen (secondary N) is 2. The van der Waals surface area contributed by atoms with Gasteiger partial charge >= 0.3 is 0 Å². The molecule has 1 aliphatic carbocycles. The number of nitrogens with zero attached hydrogens (tertiary/aromatic N) is 1. The molecule has 0 heterocycles. The number of benzene rings is 1. The van der Waals surface area contributed by atoms with E-state index in [0.29, 0.717) is 23.9 Å². The van der Waals surface area contributed by atoms with E-state index in [9.17, 15) is 9.59 Å². The van der Waals surface area contributed by atoms with E-state index in [0.717, 1.165) is 19.3 Å². The molecule has 23 heavy (non-hydrogen) atoms. The molecule has 0 unspecified atom stereocenters. The minimum absolute atomic E-state index is 0.0547. The quantitative estimate of drug-likeness (QED) is 0.740. The zero-order valence-electron chi connectivity index (χ0n) is 13.2. The van der Waals surface area contributed by atoms with Crippen LogP contribution in [0.2, 0.25) is 5.02 Å². The van der Waals surface area contributed by atoms with E-state index in [4.69, 9.17) is 16.3 Å². The first-order valence-corrected chi connectivity index (χ1v) is 8.08. The van der Waals surface area contributed by atoms with Crippen LogP contribution in [0.25, 0.3) is 0 Å². The third-order valence-electron chi connectivity index (χ3n) is 3.75. The number of hydrogen-bond donors (Lipinski definition) is 2.